The van der Waals surface area contributed by atoms with E-state index >= 15 is 0 Å². The minimum atomic E-state index is -0.538. The highest BCUT2D eigenvalue weighted by molar-refractivity contribution is 5.83. The molecule has 0 saturated carbocycles. The predicted molar refractivity (Wildman–Crippen MR) is 77.7 cm³/mol. The zero-order chi connectivity index (χ0) is 15.0. The summed E-state index contributed by atoms with van der Waals surface area (Å²) >= 11 is 0. The van der Waals surface area contributed by atoms with Crippen molar-refractivity contribution >= 4 is 11.0 Å². The van der Waals surface area contributed by atoms with E-state index in [-0.39, 0.29) is 0 Å². The van der Waals surface area contributed by atoms with Crippen LogP contribution < -0.4 is 10.5 Å². The highest BCUT2D eigenvalue weighted by Crippen LogP contribution is 2.32. The van der Waals surface area contributed by atoms with Gasteiger partial charge < -0.3 is 14.9 Å². The molecule has 3 aromatic rings. The van der Waals surface area contributed by atoms with Crippen LogP contribution in [0.4, 0.5) is 4.39 Å². The van der Waals surface area contributed by atoms with E-state index in [1.54, 1.807) is 13.2 Å². The molecule has 0 aliphatic heterocycles. The van der Waals surface area contributed by atoms with Gasteiger partial charge in [-0.3, -0.25) is 4.98 Å². The molecule has 108 valence electrons. The molecule has 2 N–H and O–H groups in total. The number of hydrogen-bond donors (Lipinski definition) is 1. The van der Waals surface area contributed by atoms with Gasteiger partial charge in [-0.1, -0.05) is 0 Å². The van der Waals surface area contributed by atoms with E-state index in [0.29, 0.717) is 17.0 Å². The second-order valence-corrected chi connectivity index (χ2v) is 4.83. The smallest absolute Gasteiger partial charge is 0.141 e. The lowest BCUT2D eigenvalue weighted by molar-refractivity contribution is 0.414. The third-order valence-electron chi connectivity index (χ3n) is 3.53. The number of halogens is 1. The van der Waals surface area contributed by atoms with Gasteiger partial charge in [-0.05, 0) is 31.2 Å². The Morgan fingerprint density at radius 1 is 1.29 bits per heavy atom. The number of aromatic nitrogens is 1. The molecule has 1 unspecified atom stereocenters. The number of nitrogens with two attached hydrogens (primary N) is 1. The van der Waals surface area contributed by atoms with Crippen LogP contribution >= 0.6 is 0 Å². The number of benzene rings is 1. The minimum Gasteiger partial charge on any atom is -0.497 e. The fraction of sp³-hybridized carbons (Fsp3) is 0.188. The summed E-state index contributed by atoms with van der Waals surface area (Å²) in [6.07, 6.45) is 1.15. The number of rotatable bonds is 3. The number of aryl methyl sites for hydroxylation is 1. The average molecular weight is 286 g/mol. The Hall–Kier alpha value is -2.40. The zero-order valence-electron chi connectivity index (χ0n) is 11.8. The monoisotopic (exact) mass is 286 g/mol. The van der Waals surface area contributed by atoms with Gasteiger partial charge in [0.2, 0.25) is 0 Å². The van der Waals surface area contributed by atoms with Crippen LogP contribution in [0.25, 0.3) is 11.0 Å². The largest absolute Gasteiger partial charge is 0.497 e. The van der Waals surface area contributed by atoms with Crippen LogP contribution in [0.15, 0.2) is 40.9 Å². The van der Waals surface area contributed by atoms with Gasteiger partial charge in [0.1, 0.15) is 29.0 Å². The summed E-state index contributed by atoms with van der Waals surface area (Å²) < 4.78 is 24.0. The fourth-order valence-corrected chi connectivity index (χ4v) is 2.35. The summed E-state index contributed by atoms with van der Waals surface area (Å²) in [5.41, 5.74) is 8.41. The van der Waals surface area contributed by atoms with Gasteiger partial charge >= 0.3 is 0 Å². The number of pyridine rings is 1. The number of furan rings is 1. The zero-order valence-corrected chi connectivity index (χ0v) is 11.8. The molecule has 21 heavy (non-hydrogen) atoms. The number of fused-ring (bicyclic) bond motifs is 1. The first-order valence-corrected chi connectivity index (χ1v) is 6.54. The summed E-state index contributed by atoms with van der Waals surface area (Å²) in [6, 6.07) is 7.98. The number of ether oxygens (including phenoxy) is 1. The van der Waals surface area contributed by atoms with Gasteiger partial charge in [0.15, 0.2) is 0 Å². The van der Waals surface area contributed by atoms with E-state index in [4.69, 9.17) is 14.9 Å². The van der Waals surface area contributed by atoms with Gasteiger partial charge in [-0.25, -0.2) is 4.39 Å². The molecule has 0 saturated heterocycles. The Morgan fingerprint density at radius 3 is 2.76 bits per heavy atom. The molecule has 0 spiro atoms. The van der Waals surface area contributed by atoms with Crippen LogP contribution in [0, 0.1) is 12.7 Å². The molecule has 2 heterocycles. The van der Waals surface area contributed by atoms with E-state index in [1.807, 2.05) is 25.1 Å². The second-order valence-electron chi connectivity index (χ2n) is 4.83. The molecule has 0 fully saturated rings. The van der Waals surface area contributed by atoms with E-state index in [0.717, 1.165) is 22.9 Å². The molecule has 0 amide bonds. The molecule has 2 aromatic heterocycles. The van der Waals surface area contributed by atoms with Crippen molar-refractivity contribution in [1.29, 1.82) is 0 Å². The molecule has 0 aliphatic carbocycles. The topological polar surface area (TPSA) is 61.3 Å². The maximum atomic E-state index is 12.9. The van der Waals surface area contributed by atoms with Gasteiger partial charge in [0.05, 0.1) is 19.0 Å². The lowest BCUT2D eigenvalue weighted by Gasteiger charge is -2.09. The first kappa shape index (κ1) is 13.6. The Balaban J connectivity index is 2.07. The van der Waals surface area contributed by atoms with E-state index in [9.17, 15) is 4.39 Å². The average Bonchev–Trinajstić information content (AvgIpc) is 2.83. The number of nitrogens with zero attached hydrogens (tertiary/aromatic N) is 1. The molecule has 1 aromatic carbocycles. The van der Waals surface area contributed by atoms with E-state index < -0.39 is 11.9 Å². The van der Waals surface area contributed by atoms with Crippen molar-refractivity contribution < 1.29 is 13.5 Å². The van der Waals surface area contributed by atoms with Crippen molar-refractivity contribution in [3.05, 3.63) is 59.4 Å². The summed E-state index contributed by atoms with van der Waals surface area (Å²) in [5.74, 6) is 0.950. The SMILES string of the molecule is COc1ccc2c(C)c(C(N)c3ccc(F)cn3)oc2c1. The van der Waals surface area contributed by atoms with Crippen LogP contribution in [0.1, 0.15) is 23.1 Å². The molecule has 0 radical (unpaired) electrons. The number of methoxy groups -OCH3 is 1. The van der Waals surface area contributed by atoms with Crippen molar-refractivity contribution in [2.24, 2.45) is 5.73 Å². The maximum absolute atomic E-state index is 12.9. The quantitative estimate of drug-likeness (QED) is 0.802. The molecule has 3 rings (SSSR count). The molecular weight excluding hydrogens is 271 g/mol. The lowest BCUT2D eigenvalue weighted by atomic mass is 10.1. The van der Waals surface area contributed by atoms with E-state index in [2.05, 4.69) is 4.98 Å². The molecule has 4 nitrogen and oxygen atoms in total. The lowest BCUT2D eigenvalue weighted by Crippen LogP contribution is -2.13. The first-order chi connectivity index (χ1) is 10.1. The van der Waals surface area contributed by atoms with Gasteiger partial charge in [-0.2, -0.15) is 0 Å². The highest BCUT2D eigenvalue weighted by atomic mass is 19.1. The normalized spacial score (nSPS) is 12.6. The Bertz CT molecular complexity index is 781. The fourth-order valence-electron chi connectivity index (χ4n) is 2.35. The standard InChI is InChI=1S/C16H15FN2O2/c1-9-12-5-4-11(20-2)7-14(12)21-16(9)15(18)13-6-3-10(17)8-19-13/h3-8,15H,18H2,1-2H3. The van der Waals surface area contributed by atoms with Crippen LogP contribution in [0.2, 0.25) is 0 Å². The van der Waals surface area contributed by atoms with Crippen LogP contribution in [-0.2, 0) is 0 Å². The predicted octanol–water partition coefficient (Wildman–Crippen LogP) is 3.33. The van der Waals surface area contributed by atoms with Crippen molar-refractivity contribution in [3.63, 3.8) is 0 Å². The summed E-state index contributed by atoms with van der Waals surface area (Å²) in [5, 5.41) is 0.975. The second kappa shape index (κ2) is 5.18. The summed E-state index contributed by atoms with van der Waals surface area (Å²) in [6.45, 7) is 1.94. The van der Waals surface area contributed by atoms with Gasteiger partial charge in [0.25, 0.3) is 0 Å². The van der Waals surface area contributed by atoms with Gasteiger partial charge in [0, 0.05) is 17.0 Å². The van der Waals surface area contributed by atoms with Crippen molar-refractivity contribution in [3.8, 4) is 5.75 Å². The molecule has 0 bridgehead atoms. The number of hydrogen-bond acceptors (Lipinski definition) is 4. The summed E-state index contributed by atoms with van der Waals surface area (Å²) in [7, 11) is 1.60. The van der Waals surface area contributed by atoms with Crippen LogP contribution in [0.5, 0.6) is 5.75 Å². The van der Waals surface area contributed by atoms with Crippen LogP contribution in [-0.4, -0.2) is 12.1 Å². The Kier molecular flexibility index (Phi) is 3.35. The molecule has 5 heteroatoms. The summed E-state index contributed by atoms with van der Waals surface area (Å²) in [4.78, 5) is 4.01. The molecular formula is C16H15FN2O2. The molecule has 0 aliphatic rings. The highest BCUT2D eigenvalue weighted by Gasteiger charge is 2.20. The van der Waals surface area contributed by atoms with Crippen molar-refractivity contribution in [2.45, 2.75) is 13.0 Å². The van der Waals surface area contributed by atoms with E-state index in [1.165, 1.54) is 6.07 Å². The van der Waals surface area contributed by atoms with Gasteiger partial charge in [-0.15, -0.1) is 0 Å². The minimum absolute atomic E-state index is 0.392. The first-order valence-electron chi connectivity index (χ1n) is 6.54. The van der Waals surface area contributed by atoms with Crippen molar-refractivity contribution in [2.75, 3.05) is 7.11 Å². The van der Waals surface area contributed by atoms with Crippen molar-refractivity contribution in [1.82, 2.24) is 4.98 Å². The Morgan fingerprint density at radius 2 is 2.10 bits per heavy atom. The third-order valence-corrected chi connectivity index (χ3v) is 3.53. The molecule has 1 atom stereocenters. The third kappa shape index (κ3) is 2.36. The Labute approximate surface area is 121 Å². The maximum Gasteiger partial charge on any atom is 0.141 e. The van der Waals surface area contributed by atoms with Crippen LogP contribution in [0.3, 0.4) is 0 Å².